The second-order valence-electron chi connectivity index (χ2n) is 9.83. The van der Waals surface area contributed by atoms with Gasteiger partial charge in [-0.15, -0.1) is 0 Å². The fraction of sp³-hybridized carbons (Fsp3) is 0.500. The van der Waals surface area contributed by atoms with Crippen LogP contribution < -0.4 is 0 Å². The highest BCUT2D eigenvalue weighted by Gasteiger charge is 2.24. The molecule has 0 saturated carbocycles. The first kappa shape index (κ1) is 27.4. The molecule has 2 aromatic rings. The lowest BCUT2D eigenvalue weighted by Gasteiger charge is -2.24. The quantitative estimate of drug-likeness (QED) is 0.436. The van der Waals surface area contributed by atoms with Crippen LogP contribution in [0.15, 0.2) is 60.7 Å². The number of hydrogen-bond acceptors (Lipinski definition) is 4. The molecule has 0 amide bonds. The summed E-state index contributed by atoms with van der Waals surface area (Å²) in [6, 6.07) is 20.5. The molecule has 0 aliphatic rings. The SMILES string of the molecule is CC(=O)OC(C)(C)CCc1ccccc1.CC(CCc1ccccc1)OC(=O)C(C)(C)C. The maximum Gasteiger partial charge on any atom is 0.311 e. The molecule has 0 N–H and O–H groups in total. The van der Waals surface area contributed by atoms with E-state index in [1.54, 1.807) is 0 Å². The van der Waals surface area contributed by atoms with Crippen LogP contribution in [0.2, 0.25) is 0 Å². The molecule has 2 rings (SSSR count). The zero-order valence-corrected chi connectivity index (χ0v) is 20.8. The molecular formula is C28H40O4. The lowest BCUT2D eigenvalue weighted by atomic mass is 9.97. The summed E-state index contributed by atoms with van der Waals surface area (Å²) in [5.41, 5.74) is 1.77. The van der Waals surface area contributed by atoms with Gasteiger partial charge >= 0.3 is 11.9 Å². The summed E-state index contributed by atoms with van der Waals surface area (Å²) in [5.74, 6) is -0.342. The summed E-state index contributed by atoms with van der Waals surface area (Å²) in [6.07, 6.45) is 3.56. The molecule has 4 heteroatoms. The van der Waals surface area contributed by atoms with Crippen molar-refractivity contribution in [3.05, 3.63) is 71.8 Å². The van der Waals surface area contributed by atoms with E-state index in [-0.39, 0.29) is 23.6 Å². The summed E-state index contributed by atoms with van der Waals surface area (Å²) in [7, 11) is 0. The van der Waals surface area contributed by atoms with Gasteiger partial charge in [0.1, 0.15) is 5.60 Å². The first-order chi connectivity index (χ1) is 14.9. The Morgan fingerprint density at radius 1 is 0.812 bits per heavy atom. The maximum absolute atomic E-state index is 11.7. The van der Waals surface area contributed by atoms with Gasteiger partial charge in [-0.05, 0) is 78.4 Å². The van der Waals surface area contributed by atoms with Crippen LogP contribution in [-0.4, -0.2) is 23.6 Å². The van der Waals surface area contributed by atoms with Gasteiger partial charge < -0.3 is 9.47 Å². The average molecular weight is 441 g/mol. The Hall–Kier alpha value is -2.62. The lowest BCUT2D eigenvalue weighted by molar-refractivity contribution is -0.158. The molecule has 0 saturated heterocycles. The standard InChI is InChI=1S/C15H22O2.C13H18O2/c1-12(17-14(16)15(2,3)4)10-11-13-8-6-5-7-9-13;1-11(14)15-13(2,3)10-9-12-7-5-4-6-8-12/h5-9,12H,10-11H2,1-4H3;4-8H,9-10H2,1-3H3. The third kappa shape index (κ3) is 12.3. The topological polar surface area (TPSA) is 52.6 Å². The van der Waals surface area contributed by atoms with Crippen molar-refractivity contribution < 1.29 is 19.1 Å². The minimum absolute atomic E-state index is 0.0260. The summed E-state index contributed by atoms with van der Waals surface area (Å²) in [5, 5.41) is 0. The van der Waals surface area contributed by atoms with Crippen LogP contribution in [0, 0.1) is 5.41 Å². The van der Waals surface area contributed by atoms with Gasteiger partial charge in [0.15, 0.2) is 0 Å². The van der Waals surface area contributed by atoms with Gasteiger partial charge in [-0.2, -0.15) is 0 Å². The molecule has 2 aromatic carbocycles. The largest absolute Gasteiger partial charge is 0.462 e. The fourth-order valence-electron chi connectivity index (χ4n) is 2.96. The number of hydrogen-bond donors (Lipinski definition) is 0. The Balaban J connectivity index is 0.000000323. The molecule has 4 nitrogen and oxygen atoms in total. The minimum atomic E-state index is -0.416. The third-order valence-electron chi connectivity index (χ3n) is 4.88. The molecule has 176 valence electrons. The van der Waals surface area contributed by atoms with E-state index < -0.39 is 5.41 Å². The molecule has 1 atom stereocenters. The lowest BCUT2D eigenvalue weighted by Crippen LogP contribution is -2.27. The third-order valence-corrected chi connectivity index (χ3v) is 4.88. The molecule has 1 unspecified atom stereocenters. The Morgan fingerprint density at radius 3 is 1.72 bits per heavy atom. The predicted octanol–water partition coefficient (Wildman–Crippen LogP) is 6.56. The Morgan fingerprint density at radius 2 is 1.28 bits per heavy atom. The second-order valence-corrected chi connectivity index (χ2v) is 9.83. The van der Waals surface area contributed by atoms with Crippen LogP contribution in [0.5, 0.6) is 0 Å². The smallest absolute Gasteiger partial charge is 0.311 e. The molecule has 0 radical (unpaired) electrons. The molecule has 0 bridgehead atoms. The first-order valence-corrected chi connectivity index (χ1v) is 11.4. The van der Waals surface area contributed by atoms with Crippen LogP contribution in [0.3, 0.4) is 0 Å². The molecule has 32 heavy (non-hydrogen) atoms. The van der Waals surface area contributed by atoms with E-state index in [0.29, 0.717) is 0 Å². The molecule has 0 aliphatic carbocycles. The maximum atomic E-state index is 11.7. The van der Waals surface area contributed by atoms with E-state index in [4.69, 9.17) is 9.47 Å². The zero-order valence-electron chi connectivity index (χ0n) is 20.8. The molecule has 0 spiro atoms. The summed E-state index contributed by atoms with van der Waals surface area (Å²) >= 11 is 0. The van der Waals surface area contributed by atoms with Crippen LogP contribution >= 0.6 is 0 Å². The van der Waals surface area contributed by atoms with Crippen LogP contribution in [0.25, 0.3) is 0 Å². The first-order valence-electron chi connectivity index (χ1n) is 11.4. The van der Waals surface area contributed by atoms with Crippen LogP contribution in [0.4, 0.5) is 0 Å². The number of ether oxygens (including phenoxy) is 2. The highest BCUT2D eigenvalue weighted by molar-refractivity contribution is 5.75. The van der Waals surface area contributed by atoms with E-state index in [1.807, 2.05) is 77.9 Å². The van der Waals surface area contributed by atoms with Gasteiger partial charge in [-0.1, -0.05) is 60.7 Å². The van der Waals surface area contributed by atoms with Crippen molar-refractivity contribution in [3.63, 3.8) is 0 Å². The fourth-order valence-corrected chi connectivity index (χ4v) is 2.96. The van der Waals surface area contributed by atoms with Crippen molar-refractivity contribution >= 4 is 11.9 Å². The van der Waals surface area contributed by atoms with Crippen molar-refractivity contribution in [2.45, 2.75) is 85.9 Å². The van der Waals surface area contributed by atoms with Gasteiger partial charge in [0.25, 0.3) is 0 Å². The van der Waals surface area contributed by atoms with Gasteiger partial charge in [-0.3, -0.25) is 9.59 Å². The molecule has 0 aromatic heterocycles. The Kier molecular flexibility index (Phi) is 11.2. The highest BCUT2D eigenvalue weighted by atomic mass is 16.6. The summed E-state index contributed by atoms with van der Waals surface area (Å²) in [6.45, 7) is 12.9. The number of benzene rings is 2. The molecule has 0 aliphatic heterocycles. The summed E-state index contributed by atoms with van der Waals surface area (Å²) < 4.78 is 10.6. The summed E-state index contributed by atoms with van der Waals surface area (Å²) in [4.78, 5) is 22.5. The number of carbonyl (C=O) groups excluding carboxylic acids is 2. The molecule has 0 heterocycles. The van der Waals surface area contributed by atoms with E-state index in [2.05, 4.69) is 24.3 Å². The molecule has 0 fully saturated rings. The van der Waals surface area contributed by atoms with E-state index in [9.17, 15) is 9.59 Å². The van der Waals surface area contributed by atoms with Crippen molar-refractivity contribution in [1.82, 2.24) is 0 Å². The normalized spacial score (nSPS) is 12.2. The number of esters is 2. The van der Waals surface area contributed by atoms with Gasteiger partial charge in [0, 0.05) is 6.92 Å². The monoisotopic (exact) mass is 440 g/mol. The zero-order chi connectivity index (χ0) is 24.2. The Bertz CT molecular complexity index is 804. The van der Waals surface area contributed by atoms with Crippen molar-refractivity contribution in [1.29, 1.82) is 0 Å². The number of carbonyl (C=O) groups is 2. The van der Waals surface area contributed by atoms with E-state index in [0.717, 1.165) is 25.7 Å². The predicted molar refractivity (Wildman–Crippen MR) is 130 cm³/mol. The highest BCUT2D eigenvalue weighted by Crippen LogP contribution is 2.19. The Labute approximate surface area is 194 Å². The average Bonchev–Trinajstić information content (AvgIpc) is 2.71. The second kappa shape index (κ2) is 13.0. The van der Waals surface area contributed by atoms with Crippen molar-refractivity contribution in [2.75, 3.05) is 0 Å². The van der Waals surface area contributed by atoms with Crippen LogP contribution in [0.1, 0.15) is 72.4 Å². The number of aryl methyl sites for hydroxylation is 2. The van der Waals surface area contributed by atoms with Gasteiger partial charge in [0.2, 0.25) is 0 Å². The minimum Gasteiger partial charge on any atom is -0.462 e. The van der Waals surface area contributed by atoms with Crippen molar-refractivity contribution in [3.8, 4) is 0 Å². The number of rotatable bonds is 8. The van der Waals surface area contributed by atoms with E-state index >= 15 is 0 Å². The van der Waals surface area contributed by atoms with Crippen molar-refractivity contribution in [2.24, 2.45) is 5.41 Å². The van der Waals surface area contributed by atoms with Gasteiger partial charge in [0.05, 0.1) is 11.5 Å². The van der Waals surface area contributed by atoms with E-state index in [1.165, 1.54) is 18.1 Å². The van der Waals surface area contributed by atoms with Crippen LogP contribution in [-0.2, 0) is 31.9 Å². The van der Waals surface area contributed by atoms with Gasteiger partial charge in [-0.25, -0.2) is 0 Å². The molecular weight excluding hydrogens is 400 g/mol.